The topological polar surface area (TPSA) is 37.0 Å². The van der Waals surface area contributed by atoms with Gasteiger partial charge in [0.15, 0.2) is 0 Å². The molecule has 0 spiro atoms. The average molecular weight is 418 g/mol. The molecule has 0 amide bonds. The number of ether oxygens (including phenoxy) is 1. The maximum Gasteiger partial charge on any atom is 0.208 e. The van der Waals surface area contributed by atoms with E-state index in [2.05, 4.69) is 45.4 Å². The minimum absolute atomic E-state index is 0.171. The maximum absolute atomic E-state index is 6.64. The molecule has 3 fully saturated rings. The lowest BCUT2D eigenvalue weighted by Crippen LogP contribution is -2.28. The van der Waals surface area contributed by atoms with Gasteiger partial charge in [-0.3, -0.25) is 5.43 Å². The van der Waals surface area contributed by atoms with Gasteiger partial charge in [-0.15, -0.1) is 0 Å². The Morgan fingerprint density at radius 3 is 2.75 bits per heavy atom. The van der Waals surface area contributed by atoms with Gasteiger partial charge in [-0.05, 0) is 62.5 Å². The molecular formula is C21H28N3O2PS. The lowest BCUT2D eigenvalue weighted by Gasteiger charge is -2.32. The number of anilines is 1. The first-order valence-electron chi connectivity index (χ1n) is 10.4. The van der Waals surface area contributed by atoms with E-state index in [9.17, 15) is 0 Å². The van der Waals surface area contributed by atoms with Gasteiger partial charge in [0.2, 0.25) is 6.42 Å². The van der Waals surface area contributed by atoms with Crippen molar-refractivity contribution >= 4 is 23.9 Å². The van der Waals surface area contributed by atoms with Crippen LogP contribution in [-0.4, -0.2) is 37.3 Å². The zero-order valence-corrected chi connectivity index (χ0v) is 17.9. The molecule has 2 atom stereocenters. The molecule has 1 N–H and O–H groups in total. The number of fused-ring (bicyclic) bond motifs is 1. The van der Waals surface area contributed by atoms with Crippen LogP contribution in [0.5, 0.6) is 0 Å². The molecular weight excluding hydrogens is 389 g/mol. The predicted octanol–water partition coefficient (Wildman–Crippen LogP) is 4.50. The van der Waals surface area contributed by atoms with Crippen LogP contribution in [0.2, 0.25) is 0 Å². The zero-order valence-electron chi connectivity index (χ0n) is 16.2. The molecule has 28 heavy (non-hydrogen) atoms. The largest absolute Gasteiger partial charge is 0.376 e. The van der Waals surface area contributed by atoms with Gasteiger partial charge in [0.05, 0.1) is 29.4 Å². The average Bonchev–Trinajstić information content (AvgIpc) is 3.48. The Bertz CT molecular complexity index is 829. The molecule has 5 rings (SSSR count). The minimum Gasteiger partial charge on any atom is -0.376 e. The lowest BCUT2D eigenvalue weighted by molar-refractivity contribution is 0.0721. The van der Waals surface area contributed by atoms with E-state index < -0.39 is 6.42 Å². The number of nitrogens with zero attached hydrogens (tertiary/aromatic N) is 2. The van der Waals surface area contributed by atoms with Crippen LogP contribution in [0.1, 0.15) is 38.5 Å². The molecule has 0 unspecified atom stereocenters. The Hall–Kier alpha value is -1.33. The first-order valence-corrected chi connectivity index (χ1v) is 13.1. The van der Waals surface area contributed by atoms with E-state index in [1.165, 1.54) is 23.9 Å². The third-order valence-electron chi connectivity index (χ3n) is 5.98. The molecule has 0 bridgehead atoms. The van der Waals surface area contributed by atoms with Crippen LogP contribution in [0.25, 0.3) is 0 Å². The molecule has 0 radical (unpaired) electrons. The van der Waals surface area contributed by atoms with Gasteiger partial charge in [-0.2, -0.15) is 0 Å². The van der Waals surface area contributed by atoms with Gasteiger partial charge in [0.1, 0.15) is 0 Å². The second kappa shape index (κ2) is 7.83. The summed E-state index contributed by atoms with van der Waals surface area (Å²) < 4.78 is 14.6. The van der Waals surface area contributed by atoms with E-state index in [0.29, 0.717) is 6.61 Å². The molecule has 1 aliphatic carbocycles. The van der Waals surface area contributed by atoms with Gasteiger partial charge in [0, 0.05) is 25.4 Å². The molecule has 150 valence electrons. The molecule has 7 heteroatoms. The van der Waals surface area contributed by atoms with E-state index in [0.717, 1.165) is 56.8 Å². The number of allylic oxidation sites excluding steroid dienone is 3. The summed E-state index contributed by atoms with van der Waals surface area (Å²) in [6.45, 7) is 3.69. The molecule has 1 aromatic carbocycles. The summed E-state index contributed by atoms with van der Waals surface area (Å²) in [5.41, 5.74) is 7.26. The van der Waals surface area contributed by atoms with Crippen molar-refractivity contribution in [2.75, 3.05) is 31.1 Å². The summed E-state index contributed by atoms with van der Waals surface area (Å²) in [6, 6.07) is 10.4. The summed E-state index contributed by atoms with van der Waals surface area (Å²) in [5.74, 6) is 0. The summed E-state index contributed by atoms with van der Waals surface area (Å²) in [4.78, 5) is 2.55. The van der Waals surface area contributed by atoms with Crippen LogP contribution in [0.4, 0.5) is 5.69 Å². The molecule has 1 aromatic rings. The fourth-order valence-corrected chi connectivity index (χ4v) is 8.29. The van der Waals surface area contributed by atoms with E-state index in [-0.39, 0.29) is 6.10 Å². The molecule has 3 saturated heterocycles. The first kappa shape index (κ1) is 18.7. The summed E-state index contributed by atoms with van der Waals surface area (Å²) in [7, 11) is 0. The van der Waals surface area contributed by atoms with Crippen molar-refractivity contribution in [2.45, 2.75) is 44.6 Å². The van der Waals surface area contributed by atoms with Gasteiger partial charge < -0.3 is 14.2 Å². The second-order valence-electron chi connectivity index (χ2n) is 7.86. The fourth-order valence-electron chi connectivity index (χ4n) is 4.58. The Balaban J connectivity index is 1.55. The maximum atomic E-state index is 6.64. The highest BCUT2D eigenvalue weighted by Crippen LogP contribution is 2.67. The van der Waals surface area contributed by atoms with Crippen molar-refractivity contribution in [3.05, 3.63) is 53.1 Å². The van der Waals surface area contributed by atoms with Crippen LogP contribution >= 0.6 is 6.42 Å². The Labute approximate surface area is 172 Å². The van der Waals surface area contributed by atoms with Crippen LogP contribution in [0, 0.1) is 0 Å². The smallest absolute Gasteiger partial charge is 0.208 e. The van der Waals surface area contributed by atoms with E-state index in [1.807, 2.05) is 6.07 Å². The van der Waals surface area contributed by atoms with Gasteiger partial charge in [0.25, 0.3) is 0 Å². The molecule has 4 aliphatic rings. The number of hydrazine groups is 1. The van der Waals surface area contributed by atoms with Crippen molar-refractivity contribution in [2.24, 2.45) is 0 Å². The molecule has 5 nitrogen and oxygen atoms in total. The minimum atomic E-state index is -2.45. The summed E-state index contributed by atoms with van der Waals surface area (Å²) in [5, 5.41) is 1.25. The monoisotopic (exact) mass is 417 g/mol. The van der Waals surface area contributed by atoms with Crippen LogP contribution < -0.4 is 10.2 Å². The Kier molecular flexibility index (Phi) is 5.22. The Morgan fingerprint density at radius 2 is 2.00 bits per heavy atom. The van der Waals surface area contributed by atoms with Crippen LogP contribution in [-0.2, 0) is 21.1 Å². The van der Waals surface area contributed by atoms with Gasteiger partial charge >= 0.3 is 0 Å². The third kappa shape index (κ3) is 3.30. The molecule has 3 heterocycles. The highest BCUT2D eigenvalue weighted by atomic mass is 32.4. The lowest BCUT2D eigenvalue weighted by atomic mass is 10.1. The van der Waals surface area contributed by atoms with Crippen molar-refractivity contribution in [3.8, 4) is 0 Å². The zero-order chi connectivity index (χ0) is 19.0. The van der Waals surface area contributed by atoms with E-state index in [1.54, 1.807) is 0 Å². The van der Waals surface area contributed by atoms with E-state index in [4.69, 9.17) is 21.1 Å². The number of nitrogens with one attached hydrogen (secondary N) is 1. The van der Waals surface area contributed by atoms with Crippen molar-refractivity contribution in [1.29, 1.82) is 0 Å². The number of hydrogen-bond donors (Lipinski definition) is 1. The molecule has 3 aliphatic heterocycles. The number of benzene rings is 1. The number of rotatable bonds is 5. The van der Waals surface area contributed by atoms with Gasteiger partial charge in [-0.1, -0.05) is 24.3 Å². The number of likely N-dealkylation sites (tertiary alicyclic amines) is 1. The normalized spacial score (nSPS) is 29.9. The molecule has 0 saturated carbocycles. The van der Waals surface area contributed by atoms with Crippen LogP contribution in [0.3, 0.4) is 0 Å². The van der Waals surface area contributed by atoms with Crippen LogP contribution in [0.15, 0.2) is 53.1 Å². The first-order chi connectivity index (χ1) is 13.8. The van der Waals surface area contributed by atoms with Crippen molar-refractivity contribution < 1.29 is 9.26 Å². The predicted molar refractivity (Wildman–Crippen MR) is 116 cm³/mol. The number of para-hydroxylation sites is 1. The highest BCUT2D eigenvalue weighted by molar-refractivity contribution is 8.15. The number of hydrogen-bond acceptors (Lipinski definition) is 5. The molecule has 0 aromatic heterocycles. The summed E-state index contributed by atoms with van der Waals surface area (Å²) >= 11 is 6.39. The van der Waals surface area contributed by atoms with E-state index >= 15 is 0 Å². The quantitative estimate of drug-likeness (QED) is 0.711. The standard InChI is InChI=1S/C21H28N3O2PS/c28-27(26-16-18-10-7-15-25-18)21-19(22-24(27)17-8-2-1-3-9-17)11-6-12-20(21)23-13-4-5-14-23/h1-3,8-9,11,18,22H,4-7,10,12-16H2/t18-,27+/m1/s1. The Morgan fingerprint density at radius 1 is 1.18 bits per heavy atom. The SMILES string of the molecule is S=[P@@]1(OC[C@H]2CCCO2)C2=C(N3CCCC3)CCC=C2NN1c1ccccc1. The highest BCUT2D eigenvalue weighted by Gasteiger charge is 2.45. The van der Waals surface area contributed by atoms with Gasteiger partial charge in [-0.25, -0.2) is 4.78 Å². The fraction of sp³-hybridized carbons (Fsp3) is 0.524. The summed E-state index contributed by atoms with van der Waals surface area (Å²) in [6.07, 6.45) is 6.86. The van der Waals surface area contributed by atoms with Crippen molar-refractivity contribution in [3.63, 3.8) is 0 Å². The van der Waals surface area contributed by atoms with Crippen molar-refractivity contribution in [1.82, 2.24) is 10.3 Å². The third-order valence-corrected chi connectivity index (χ3v) is 9.75. The second-order valence-corrected chi connectivity index (χ2v) is 11.5.